The molecule has 0 aliphatic heterocycles. The van der Waals surface area contributed by atoms with Gasteiger partial charge >= 0.3 is 0 Å². The summed E-state index contributed by atoms with van der Waals surface area (Å²) in [5.74, 6) is 0.609. The molecule has 0 unspecified atom stereocenters. The summed E-state index contributed by atoms with van der Waals surface area (Å²) in [6.07, 6.45) is 4.24. The Morgan fingerprint density at radius 2 is 1.89 bits per heavy atom. The number of carbonyl (C=O) groups is 1. The van der Waals surface area contributed by atoms with Gasteiger partial charge in [-0.1, -0.05) is 11.3 Å². The maximum atomic E-state index is 11.1. The number of hydrogen-bond donors (Lipinski definition) is 1. The van der Waals surface area contributed by atoms with Crippen LogP contribution in [0.25, 0.3) is 10.3 Å². The average molecular weight is 408 g/mol. The van der Waals surface area contributed by atoms with Gasteiger partial charge in [0.25, 0.3) is 5.19 Å². The second-order valence-corrected chi connectivity index (χ2v) is 8.51. The normalized spacial score (nSPS) is 20.9. The number of nitrogens with one attached hydrogen (secondary N) is 1. The molecule has 1 N–H and O–H groups in total. The minimum atomic E-state index is -0.0264. The van der Waals surface area contributed by atoms with Crippen LogP contribution < -0.4 is 14.8 Å². The van der Waals surface area contributed by atoms with Crippen LogP contribution in [-0.2, 0) is 9.53 Å². The molecule has 1 saturated carbocycles. The lowest BCUT2D eigenvalue weighted by Gasteiger charge is -2.29. The lowest BCUT2D eigenvalue weighted by molar-refractivity contribution is -0.120. The second kappa shape index (κ2) is 9.52. The highest BCUT2D eigenvalue weighted by Crippen LogP contribution is 2.30. The molecule has 8 heteroatoms. The van der Waals surface area contributed by atoms with E-state index in [4.69, 9.17) is 14.2 Å². The highest BCUT2D eigenvalue weighted by Gasteiger charge is 2.24. The number of amides is 1. The van der Waals surface area contributed by atoms with E-state index < -0.39 is 0 Å². The molecule has 1 aliphatic rings. The van der Waals surface area contributed by atoms with E-state index in [-0.39, 0.29) is 30.3 Å². The van der Waals surface area contributed by atoms with Crippen molar-refractivity contribution in [1.82, 2.24) is 15.3 Å². The quantitative estimate of drug-likeness (QED) is 0.718. The van der Waals surface area contributed by atoms with Gasteiger partial charge in [0.15, 0.2) is 4.83 Å². The van der Waals surface area contributed by atoms with Gasteiger partial charge < -0.3 is 19.5 Å². The number of rotatable bonds is 8. The molecule has 7 nitrogen and oxygen atoms in total. The molecule has 1 amide bonds. The fraction of sp³-hybridized carbons (Fsp3) is 0.650. The van der Waals surface area contributed by atoms with Crippen molar-refractivity contribution in [2.45, 2.75) is 77.7 Å². The number of carbonyl (C=O) groups excluding carboxylic acids is 1. The third-order valence-electron chi connectivity index (χ3n) is 4.49. The monoisotopic (exact) mass is 407 g/mol. The number of fused-ring (bicyclic) bond motifs is 1. The molecule has 1 aliphatic carbocycles. The van der Waals surface area contributed by atoms with E-state index in [1.54, 1.807) is 0 Å². The van der Waals surface area contributed by atoms with Crippen LogP contribution in [0.15, 0.2) is 12.1 Å². The van der Waals surface area contributed by atoms with Crippen LogP contribution in [0, 0.1) is 0 Å². The third kappa shape index (κ3) is 6.04. The van der Waals surface area contributed by atoms with Gasteiger partial charge in [-0.25, -0.2) is 9.97 Å². The molecule has 2 aromatic rings. The maximum absolute atomic E-state index is 11.1. The smallest absolute Gasteiger partial charge is 0.276 e. The summed E-state index contributed by atoms with van der Waals surface area (Å²) in [7, 11) is 0. The third-order valence-corrected chi connectivity index (χ3v) is 5.34. The van der Waals surface area contributed by atoms with Crippen LogP contribution in [0.2, 0.25) is 0 Å². The van der Waals surface area contributed by atoms with Crippen molar-refractivity contribution in [1.29, 1.82) is 0 Å². The Hall–Kier alpha value is -1.93. The Balaban J connectivity index is 1.47. The molecule has 0 spiro atoms. The lowest BCUT2D eigenvalue weighted by atomic mass is 9.95. The van der Waals surface area contributed by atoms with E-state index in [1.165, 1.54) is 18.3 Å². The first-order chi connectivity index (χ1) is 13.4. The fourth-order valence-corrected chi connectivity index (χ4v) is 4.16. The minimum absolute atomic E-state index is 0.0264. The number of hydrogen-bond acceptors (Lipinski definition) is 7. The molecule has 2 heterocycles. The number of thiazole rings is 1. The zero-order chi connectivity index (χ0) is 20.1. The molecule has 28 heavy (non-hydrogen) atoms. The summed E-state index contributed by atoms with van der Waals surface area (Å²) in [5, 5.41) is 3.48. The van der Waals surface area contributed by atoms with E-state index in [0.717, 1.165) is 36.0 Å². The Kier molecular flexibility index (Phi) is 7.07. The van der Waals surface area contributed by atoms with E-state index >= 15 is 0 Å². The molecule has 154 valence electrons. The first-order valence-corrected chi connectivity index (χ1v) is 10.7. The van der Waals surface area contributed by atoms with Crippen LogP contribution in [0.3, 0.4) is 0 Å². The molecule has 0 saturated heterocycles. The van der Waals surface area contributed by atoms with Gasteiger partial charge in [-0.2, -0.15) is 0 Å². The Labute approximate surface area is 169 Å². The van der Waals surface area contributed by atoms with Crippen LogP contribution in [-0.4, -0.2) is 46.8 Å². The minimum Gasteiger partial charge on any atom is -0.474 e. The Morgan fingerprint density at radius 3 is 2.57 bits per heavy atom. The topological polar surface area (TPSA) is 82.6 Å². The van der Waals surface area contributed by atoms with Crippen molar-refractivity contribution in [3.8, 4) is 11.1 Å². The standard InChI is InChI=1S/C20H29N3O4S/c1-12(2)26-20-22-17-9-10-18(23-19(17)28-20)27-16-7-5-15(6-8-16)25-11-13(3)21-14(4)24/h9-10,12-13,15-16H,5-8,11H2,1-4H3,(H,21,24)/t13-,15?,16?/m0/s1. The van der Waals surface area contributed by atoms with Crippen LogP contribution >= 0.6 is 11.3 Å². The highest BCUT2D eigenvalue weighted by atomic mass is 32.1. The van der Waals surface area contributed by atoms with E-state index in [1.807, 2.05) is 32.9 Å². The highest BCUT2D eigenvalue weighted by molar-refractivity contribution is 7.19. The number of ether oxygens (including phenoxy) is 3. The predicted octanol–water partition coefficient (Wildman–Crippen LogP) is 3.71. The SMILES string of the molecule is CC(=O)N[C@@H](C)COC1CCC(Oc2ccc3nc(OC(C)C)sc3n2)CC1. The lowest BCUT2D eigenvalue weighted by Crippen LogP contribution is -2.36. The maximum Gasteiger partial charge on any atom is 0.276 e. The molecular weight excluding hydrogens is 378 g/mol. The first kappa shape index (κ1) is 20.8. The van der Waals surface area contributed by atoms with Crippen LogP contribution in [0.4, 0.5) is 0 Å². The summed E-state index contributed by atoms with van der Waals surface area (Å²) in [5.41, 5.74) is 0.832. The molecule has 1 atom stereocenters. The molecule has 0 aromatic carbocycles. The molecule has 0 bridgehead atoms. The number of nitrogens with zero attached hydrogens (tertiary/aromatic N) is 2. The second-order valence-electron chi connectivity index (χ2n) is 7.57. The van der Waals surface area contributed by atoms with Crippen LogP contribution in [0.1, 0.15) is 53.4 Å². The average Bonchev–Trinajstić information content (AvgIpc) is 3.01. The van der Waals surface area contributed by atoms with Gasteiger partial charge in [0.05, 0.1) is 18.8 Å². The molecule has 0 radical (unpaired) electrons. The Bertz CT molecular complexity index is 787. The van der Waals surface area contributed by atoms with Crippen molar-refractivity contribution in [2.75, 3.05) is 6.61 Å². The number of pyridine rings is 1. The zero-order valence-electron chi connectivity index (χ0n) is 16.9. The predicted molar refractivity (Wildman–Crippen MR) is 109 cm³/mol. The van der Waals surface area contributed by atoms with Crippen molar-refractivity contribution in [2.24, 2.45) is 0 Å². The van der Waals surface area contributed by atoms with Crippen molar-refractivity contribution < 1.29 is 19.0 Å². The first-order valence-electron chi connectivity index (χ1n) is 9.88. The van der Waals surface area contributed by atoms with Crippen molar-refractivity contribution in [3.05, 3.63) is 12.1 Å². The summed E-state index contributed by atoms with van der Waals surface area (Å²) >= 11 is 1.44. The molecular formula is C20H29N3O4S. The summed E-state index contributed by atoms with van der Waals surface area (Å²) < 4.78 is 17.7. The van der Waals surface area contributed by atoms with Gasteiger partial charge in [-0.15, -0.1) is 0 Å². The van der Waals surface area contributed by atoms with Crippen molar-refractivity contribution in [3.63, 3.8) is 0 Å². The number of aromatic nitrogens is 2. The van der Waals surface area contributed by atoms with Gasteiger partial charge in [0.1, 0.15) is 11.6 Å². The van der Waals surface area contributed by atoms with E-state index in [0.29, 0.717) is 17.7 Å². The molecule has 1 fully saturated rings. The van der Waals surface area contributed by atoms with E-state index in [2.05, 4.69) is 15.3 Å². The Morgan fingerprint density at radius 1 is 1.18 bits per heavy atom. The summed E-state index contributed by atoms with van der Waals surface area (Å²) in [4.78, 5) is 20.9. The van der Waals surface area contributed by atoms with Gasteiger partial charge in [0.2, 0.25) is 11.8 Å². The van der Waals surface area contributed by atoms with Gasteiger partial charge in [-0.3, -0.25) is 4.79 Å². The summed E-state index contributed by atoms with van der Waals surface area (Å²) in [6.45, 7) is 7.98. The molecule has 3 rings (SSSR count). The van der Waals surface area contributed by atoms with Gasteiger partial charge in [0, 0.05) is 19.0 Å². The zero-order valence-corrected chi connectivity index (χ0v) is 17.8. The van der Waals surface area contributed by atoms with Gasteiger partial charge in [-0.05, 0) is 52.5 Å². The molecule has 2 aromatic heterocycles. The van der Waals surface area contributed by atoms with Crippen LogP contribution in [0.5, 0.6) is 11.1 Å². The fourth-order valence-electron chi connectivity index (χ4n) is 3.25. The summed E-state index contributed by atoms with van der Waals surface area (Å²) in [6, 6.07) is 3.84. The largest absolute Gasteiger partial charge is 0.474 e. The van der Waals surface area contributed by atoms with Crippen molar-refractivity contribution >= 4 is 27.6 Å². The van der Waals surface area contributed by atoms with E-state index in [9.17, 15) is 4.79 Å².